The highest BCUT2D eigenvalue weighted by Gasteiger charge is 2.24. The van der Waals surface area contributed by atoms with Gasteiger partial charge in [0, 0.05) is 6.07 Å². The lowest BCUT2D eigenvalue weighted by Gasteiger charge is -2.24. The van der Waals surface area contributed by atoms with Crippen molar-refractivity contribution in [1.29, 1.82) is 0 Å². The van der Waals surface area contributed by atoms with Gasteiger partial charge in [-0.2, -0.15) is 0 Å². The van der Waals surface area contributed by atoms with Gasteiger partial charge in [0.2, 0.25) is 0 Å². The minimum Gasteiger partial charge on any atom is -0.384 e. The molecule has 0 radical (unpaired) electrons. The van der Waals surface area contributed by atoms with Crippen LogP contribution in [0.25, 0.3) is 11.1 Å². The molecule has 3 rings (SSSR count). The minimum absolute atomic E-state index is 0.0718. The fraction of sp³-hybridized carbons (Fsp3) is 0.200. The Bertz CT molecular complexity index is 852. The maximum atomic E-state index is 12.0. The van der Waals surface area contributed by atoms with Crippen molar-refractivity contribution in [3.8, 4) is 11.1 Å². The Morgan fingerprint density at radius 1 is 1.12 bits per heavy atom. The van der Waals surface area contributed by atoms with Crippen molar-refractivity contribution < 1.29 is 14.4 Å². The quantitative estimate of drug-likeness (QED) is 0.750. The van der Waals surface area contributed by atoms with Crippen LogP contribution in [0.15, 0.2) is 65.2 Å². The number of nitrogens with zero attached hydrogens (tertiary/aromatic N) is 1. The summed E-state index contributed by atoms with van der Waals surface area (Å²) in [4.78, 5) is 12.0. The topological polar surface area (TPSA) is 75.4 Å². The van der Waals surface area contributed by atoms with E-state index in [-0.39, 0.29) is 18.1 Å². The van der Waals surface area contributed by atoms with Crippen molar-refractivity contribution in [2.75, 3.05) is 6.54 Å². The minimum atomic E-state index is -1.19. The number of aliphatic hydroxyl groups is 1. The molecule has 1 heterocycles. The van der Waals surface area contributed by atoms with Crippen molar-refractivity contribution in [1.82, 2.24) is 10.5 Å². The number of nitrogens with one attached hydrogen (secondary N) is 1. The van der Waals surface area contributed by atoms with Crippen LogP contribution < -0.4 is 5.32 Å². The van der Waals surface area contributed by atoms with Crippen LogP contribution in [0.5, 0.6) is 0 Å². The maximum absolute atomic E-state index is 12.0. The molecule has 3 aromatic rings. The normalized spacial score (nSPS) is 13.2. The zero-order valence-electron chi connectivity index (χ0n) is 14.2. The van der Waals surface area contributed by atoms with Gasteiger partial charge in [-0.15, -0.1) is 0 Å². The fourth-order valence-electron chi connectivity index (χ4n) is 2.57. The van der Waals surface area contributed by atoms with E-state index in [4.69, 9.17) is 4.52 Å². The highest BCUT2D eigenvalue weighted by atomic mass is 16.5. The van der Waals surface area contributed by atoms with Crippen molar-refractivity contribution in [3.63, 3.8) is 0 Å². The number of carbonyl (C=O) groups excluding carboxylic acids is 1. The smallest absolute Gasteiger partial charge is 0.273 e. The molecule has 0 saturated heterocycles. The largest absolute Gasteiger partial charge is 0.384 e. The summed E-state index contributed by atoms with van der Waals surface area (Å²) in [6, 6.07) is 19.2. The summed E-state index contributed by atoms with van der Waals surface area (Å²) in [5.41, 5.74) is 1.92. The number of hydrogen-bond donors (Lipinski definition) is 2. The first-order chi connectivity index (χ1) is 12.0. The summed E-state index contributed by atoms with van der Waals surface area (Å²) in [5, 5.41) is 17.0. The lowest BCUT2D eigenvalue weighted by atomic mass is 9.93. The van der Waals surface area contributed by atoms with Crippen molar-refractivity contribution in [2.45, 2.75) is 19.4 Å². The lowest BCUT2D eigenvalue weighted by Crippen LogP contribution is -2.38. The average Bonchev–Trinajstić information content (AvgIpc) is 3.07. The van der Waals surface area contributed by atoms with E-state index < -0.39 is 5.60 Å². The molecular weight excluding hydrogens is 316 g/mol. The van der Waals surface area contributed by atoms with Gasteiger partial charge >= 0.3 is 0 Å². The van der Waals surface area contributed by atoms with E-state index in [9.17, 15) is 9.90 Å². The van der Waals surface area contributed by atoms with E-state index in [2.05, 4.69) is 10.5 Å². The van der Waals surface area contributed by atoms with Crippen LogP contribution in [0.1, 0.15) is 28.7 Å². The van der Waals surface area contributed by atoms with Crippen LogP contribution in [0.3, 0.4) is 0 Å². The predicted octanol–water partition coefficient (Wildman–Crippen LogP) is 3.29. The first kappa shape index (κ1) is 16.9. The van der Waals surface area contributed by atoms with Gasteiger partial charge < -0.3 is 14.9 Å². The molecule has 5 nitrogen and oxygen atoms in total. The van der Waals surface area contributed by atoms with E-state index in [1.165, 1.54) is 0 Å². The van der Waals surface area contributed by atoms with Crippen LogP contribution >= 0.6 is 0 Å². The summed E-state index contributed by atoms with van der Waals surface area (Å²) in [5.74, 6) is 0.187. The Labute approximate surface area is 146 Å². The monoisotopic (exact) mass is 336 g/mol. The first-order valence-corrected chi connectivity index (χ1v) is 8.05. The molecule has 128 valence electrons. The van der Waals surface area contributed by atoms with Crippen LogP contribution in [-0.4, -0.2) is 22.7 Å². The molecule has 0 aliphatic heterocycles. The van der Waals surface area contributed by atoms with Gasteiger partial charge in [-0.25, -0.2) is 0 Å². The van der Waals surface area contributed by atoms with Gasteiger partial charge in [0.25, 0.3) is 5.91 Å². The zero-order valence-corrected chi connectivity index (χ0v) is 14.2. The predicted molar refractivity (Wildman–Crippen MR) is 95.0 cm³/mol. The molecular formula is C20H20N2O3. The summed E-state index contributed by atoms with van der Waals surface area (Å²) < 4.78 is 4.88. The number of hydrogen-bond acceptors (Lipinski definition) is 4. The van der Waals surface area contributed by atoms with Crippen LogP contribution in [0.4, 0.5) is 0 Å². The third-order valence-corrected chi connectivity index (χ3v) is 4.07. The third kappa shape index (κ3) is 3.95. The molecule has 0 saturated carbocycles. The van der Waals surface area contributed by atoms with Crippen LogP contribution in [0.2, 0.25) is 0 Å². The van der Waals surface area contributed by atoms with Crippen molar-refractivity contribution >= 4 is 5.91 Å². The highest BCUT2D eigenvalue weighted by molar-refractivity contribution is 5.92. The van der Waals surface area contributed by atoms with E-state index in [1.54, 1.807) is 19.9 Å². The Balaban J connectivity index is 1.68. The SMILES string of the molecule is Cc1cc(C(=O)NCC(C)(O)c2ccc(-c3ccccc3)cc2)no1. The molecule has 0 aliphatic carbocycles. The van der Waals surface area contributed by atoms with E-state index >= 15 is 0 Å². The molecule has 5 heteroatoms. The molecule has 2 aromatic carbocycles. The lowest BCUT2D eigenvalue weighted by molar-refractivity contribution is 0.0524. The van der Waals surface area contributed by atoms with Gasteiger partial charge in [0.1, 0.15) is 11.4 Å². The second-order valence-electron chi connectivity index (χ2n) is 6.22. The summed E-state index contributed by atoms with van der Waals surface area (Å²) >= 11 is 0. The Morgan fingerprint density at radius 2 is 1.76 bits per heavy atom. The van der Waals surface area contributed by atoms with E-state index in [0.29, 0.717) is 5.76 Å². The Hall–Kier alpha value is -2.92. The van der Waals surface area contributed by atoms with Gasteiger partial charge in [-0.1, -0.05) is 59.8 Å². The van der Waals surface area contributed by atoms with Gasteiger partial charge in [0.15, 0.2) is 5.69 Å². The third-order valence-electron chi connectivity index (χ3n) is 4.07. The van der Waals surface area contributed by atoms with E-state index in [1.807, 2.05) is 54.6 Å². The number of rotatable bonds is 5. The Kier molecular flexibility index (Phi) is 4.67. The molecule has 0 spiro atoms. The standard InChI is InChI=1S/C20H20N2O3/c1-14-12-18(22-25-14)19(23)21-13-20(2,24)17-10-8-16(9-11-17)15-6-4-3-5-7-15/h3-12,24H,13H2,1-2H3,(H,21,23). The molecule has 1 aromatic heterocycles. The van der Waals surface area contributed by atoms with E-state index in [0.717, 1.165) is 16.7 Å². The van der Waals surface area contributed by atoms with Gasteiger partial charge in [-0.3, -0.25) is 4.79 Å². The highest BCUT2D eigenvalue weighted by Crippen LogP contribution is 2.24. The van der Waals surface area contributed by atoms with Gasteiger partial charge in [-0.05, 0) is 30.5 Å². The number of aromatic nitrogens is 1. The summed E-state index contributed by atoms with van der Waals surface area (Å²) in [6.45, 7) is 3.45. The molecule has 0 fully saturated rings. The summed E-state index contributed by atoms with van der Waals surface area (Å²) in [7, 11) is 0. The molecule has 0 bridgehead atoms. The maximum Gasteiger partial charge on any atom is 0.273 e. The molecule has 2 N–H and O–H groups in total. The molecule has 1 atom stereocenters. The summed E-state index contributed by atoms with van der Waals surface area (Å²) in [6.07, 6.45) is 0. The second kappa shape index (κ2) is 6.91. The van der Waals surface area contributed by atoms with Crippen molar-refractivity contribution in [3.05, 3.63) is 77.7 Å². The number of aryl methyl sites for hydroxylation is 1. The molecule has 1 amide bonds. The van der Waals surface area contributed by atoms with Crippen molar-refractivity contribution in [2.24, 2.45) is 0 Å². The number of benzene rings is 2. The molecule has 1 unspecified atom stereocenters. The Morgan fingerprint density at radius 3 is 2.36 bits per heavy atom. The first-order valence-electron chi connectivity index (χ1n) is 8.05. The number of amides is 1. The fourth-order valence-corrected chi connectivity index (χ4v) is 2.57. The second-order valence-corrected chi connectivity index (χ2v) is 6.22. The number of carbonyl (C=O) groups is 1. The van der Waals surface area contributed by atoms with Crippen LogP contribution in [-0.2, 0) is 5.60 Å². The molecule has 0 aliphatic rings. The van der Waals surface area contributed by atoms with Crippen LogP contribution in [0, 0.1) is 6.92 Å². The van der Waals surface area contributed by atoms with Gasteiger partial charge in [0.05, 0.1) is 6.54 Å². The average molecular weight is 336 g/mol. The zero-order chi connectivity index (χ0) is 17.9. The molecule has 25 heavy (non-hydrogen) atoms.